The van der Waals surface area contributed by atoms with E-state index in [-0.39, 0.29) is 5.69 Å². The molecule has 0 unspecified atom stereocenters. The second-order valence-corrected chi connectivity index (χ2v) is 4.68. The number of benzene rings is 2. The number of hydrogen-bond acceptors (Lipinski definition) is 4. The average Bonchev–Trinajstić information content (AvgIpc) is 2.53. The van der Waals surface area contributed by atoms with Crippen molar-refractivity contribution < 1.29 is 4.92 Å². The summed E-state index contributed by atoms with van der Waals surface area (Å²) in [4.78, 5) is 14.3. The third-order valence-electron chi connectivity index (χ3n) is 3.31. The predicted octanol–water partition coefficient (Wildman–Crippen LogP) is 3.76. The molecule has 1 N–H and O–H groups in total. The summed E-state index contributed by atoms with van der Waals surface area (Å²) in [6.45, 7) is 0.611. The molecule has 0 saturated carbocycles. The van der Waals surface area contributed by atoms with E-state index in [0.717, 1.165) is 22.0 Å². The Bertz CT molecular complexity index is 780. The molecule has 0 radical (unpaired) electrons. The highest BCUT2D eigenvalue weighted by atomic mass is 16.6. The first-order chi connectivity index (χ1) is 10.2. The lowest BCUT2D eigenvalue weighted by Crippen LogP contribution is -2.00. The molecule has 0 amide bonds. The number of nitrogens with one attached hydrogen (secondary N) is 1. The summed E-state index contributed by atoms with van der Waals surface area (Å²) in [5.41, 5.74) is 2.12. The third kappa shape index (κ3) is 2.81. The van der Waals surface area contributed by atoms with E-state index in [1.165, 1.54) is 12.1 Å². The number of aromatic nitrogens is 1. The molecule has 0 spiro atoms. The van der Waals surface area contributed by atoms with Gasteiger partial charge in [0.15, 0.2) is 0 Å². The van der Waals surface area contributed by atoms with Gasteiger partial charge >= 0.3 is 0 Å². The summed E-state index contributed by atoms with van der Waals surface area (Å²) in [5.74, 6) is 0. The molecule has 104 valence electrons. The third-order valence-corrected chi connectivity index (χ3v) is 3.31. The number of nitro groups is 1. The van der Waals surface area contributed by atoms with Gasteiger partial charge in [-0.15, -0.1) is 0 Å². The van der Waals surface area contributed by atoms with Gasteiger partial charge in [0, 0.05) is 47.5 Å². The molecule has 0 aliphatic heterocycles. The van der Waals surface area contributed by atoms with Gasteiger partial charge < -0.3 is 5.32 Å². The van der Waals surface area contributed by atoms with E-state index in [2.05, 4.69) is 10.3 Å². The van der Waals surface area contributed by atoms with Crippen molar-refractivity contribution in [2.75, 3.05) is 5.32 Å². The van der Waals surface area contributed by atoms with Crippen LogP contribution in [0.25, 0.3) is 10.8 Å². The van der Waals surface area contributed by atoms with Gasteiger partial charge in [-0.25, -0.2) is 0 Å². The van der Waals surface area contributed by atoms with Crippen molar-refractivity contribution in [1.29, 1.82) is 0 Å². The topological polar surface area (TPSA) is 68.1 Å². The molecular formula is C16H13N3O2. The van der Waals surface area contributed by atoms with Gasteiger partial charge in [0.2, 0.25) is 0 Å². The van der Waals surface area contributed by atoms with E-state index >= 15 is 0 Å². The molecule has 3 aromatic rings. The lowest BCUT2D eigenvalue weighted by Gasteiger charge is -2.09. The monoisotopic (exact) mass is 279 g/mol. The van der Waals surface area contributed by atoms with Gasteiger partial charge in [-0.3, -0.25) is 15.1 Å². The average molecular weight is 279 g/mol. The maximum Gasteiger partial charge on any atom is 0.269 e. The summed E-state index contributed by atoms with van der Waals surface area (Å²) < 4.78 is 0. The smallest absolute Gasteiger partial charge is 0.269 e. The fraction of sp³-hybridized carbons (Fsp3) is 0.0625. The quantitative estimate of drug-likeness (QED) is 0.583. The minimum Gasteiger partial charge on any atom is -0.380 e. The van der Waals surface area contributed by atoms with E-state index in [1.807, 2.05) is 30.5 Å². The Hall–Kier alpha value is -2.95. The number of anilines is 1. The van der Waals surface area contributed by atoms with Crippen molar-refractivity contribution in [3.8, 4) is 0 Å². The number of nitro benzene ring substituents is 1. The first-order valence-electron chi connectivity index (χ1n) is 6.54. The summed E-state index contributed by atoms with van der Waals surface area (Å²) >= 11 is 0. The largest absolute Gasteiger partial charge is 0.380 e. The molecule has 3 rings (SSSR count). The maximum atomic E-state index is 10.6. The van der Waals surface area contributed by atoms with Crippen LogP contribution in [0.3, 0.4) is 0 Å². The predicted molar refractivity (Wildman–Crippen MR) is 82.2 cm³/mol. The van der Waals surface area contributed by atoms with Crippen LogP contribution in [0, 0.1) is 10.1 Å². The van der Waals surface area contributed by atoms with E-state index in [9.17, 15) is 10.1 Å². The fourth-order valence-corrected chi connectivity index (χ4v) is 2.21. The molecule has 0 aliphatic carbocycles. The molecule has 0 atom stereocenters. The fourth-order valence-electron chi connectivity index (χ4n) is 2.21. The Balaban J connectivity index is 1.79. The first kappa shape index (κ1) is 13.1. The van der Waals surface area contributed by atoms with E-state index in [1.54, 1.807) is 18.3 Å². The van der Waals surface area contributed by atoms with Crippen LogP contribution >= 0.6 is 0 Å². The Morgan fingerprint density at radius 1 is 1.10 bits per heavy atom. The minimum atomic E-state index is -0.394. The normalized spacial score (nSPS) is 10.5. The molecule has 2 aromatic carbocycles. The van der Waals surface area contributed by atoms with Crippen LogP contribution in [0.1, 0.15) is 5.56 Å². The first-order valence-corrected chi connectivity index (χ1v) is 6.54. The zero-order valence-corrected chi connectivity index (χ0v) is 11.2. The van der Waals surface area contributed by atoms with Crippen molar-refractivity contribution in [2.45, 2.75) is 6.54 Å². The highest BCUT2D eigenvalue weighted by Crippen LogP contribution is 2.23. The number of pyridine rings is 1. The lowest BCUT2D eigenvalue weighted by atomic mass is 10.1. The standard InChI is InChI=1S/C16H13N3O2/c20-19(21)14-6-4-12(5-7-14)10-18-16-3-1-2-13-11-17-9-8-15(13)16/h1-9,11,18H,10H2. The number of fused-ring (bicyclic) bond motifs is 1. The Labute approximate surface area is 121 Å². The van der Waals surface area contributed by atoms with E-state index in [0.29, 0.717) is 6.54 Å². The number of hydrogen-bond donors (Lipinski definition) is 1. The second-order valence-electron chi connectivity index (χ2n) is 4.68. The van der Waals surface area contributed by atoms with E-state index in [4.69, 9.17) is 0 Å². The highest BCUT2D eigenvalue weighted by molar-refractivity contribution is 5.93. The van der Waals surface area contributed by atoms with Crippen LogP contribution < -0.4 is 5.32 Å². The van der Waals surface area contributed by atoms with Gasteiger partial charge in [-0.05, 0) is 17.7 Å². The van der Waals surface area contributed by atoms with Crippen LogP contribution in [0.5, 0.6) is 0 Å². The van der Waals surface area contributed by atoms with Crippen molar-refractivity contribution >= 4 is 22.1 Å². The molecular weight excluding hydrogens is 266 g/mol. The molecule has 5 nitrogen and oxygen atoms in total. The minimum absolute atomic E-state index is 0.106. The van der Waals surface area contributed by atoms with Gasteiger partial charge in [-0.1, -0.05) is 24.3 Å². The van der Waals surface area contributed by atoms with Crippen LogP contribution in [0.15, 0.2) is 60.9 Å². The van der Waals surface area contributed by atoms with Crippen molar-refractivity contribution in [3.63, 3.8) is 0 Å². The zero-order chi connectivity index (χ0) is 14.7. The molecule has 21 heavy (non-hydrogen) atoms. The maximum absolute atomic E-state index is 10.6. The Morgan fingerprint density at radius 2 is 1.90 bits per heavy atom. The zero-order valence-electron chi connectivity index (χ0n) is 11.2. The van der Waals surface area contributed by atoms with Crippen LogP contribution in [0.2, 0.25) is 0 Å². The molecule has 1 aromatic heterocycles. The molecule has 1 heterocycles. The molecule has 0 bridgehead atoms. The second kappa shape index (κ2) is 5.58. The van der Waals surface area contributed by atoms with Gasteiger partial charge in [0.05, 0.1) is 4.92 Å². The van der Waals surface area contributed by atoms with E-state index < -0.39 is 4.92 Å². The lowest BCUT2D eigenvalue weighted by molar-refractivity contribution is -0.384. The molecule has 0 saturated heterocycles. The Kier molecular flexibility index (Phi) is 3.47. The molecule has 0 fully saturated rings. The number of nitrogens with zero attached hydrogens (tertiary/aromatic N) is 2. The summed E-state index contributed by atoms with van der Waals surface area (Å²) in [5, 5.41) is 16.2. The highest BCUT2D eigenvalue weighted by Gasteiger charge is 2.04. The van der Waals surface area contributed by atoms with Gasteiger partial charge in [0.1, 0.15) is 0 Å². The SMILES string of the molecule is O=[N+]([O-])c1ccc(CNc2cccc3cnccc23)cc1. The van der Waals surface area contributed by atoms with Crippen molar-refractivity contribution in [1.82, 2.24) is 4.98 Å². The number of non-ortho nitro benzene ring substituents is 1. The summed E-state index contributed by atoms with van der Waals surface area (Å²) in [6.07, 6.45) is 3.59. The van der Waals surface area contributed by atoms with Crippen LogP contribution in [-0.2, 0) is 6.54 Å². The van der Waals surface area contributed by atoms with Gasteiger partial charge in [-0.2, -0.15) is 0 Å². The summed E-state index contributed by atoms with van der Waals surface area (Å²) in [6, 6.07) is 14.5. The van der Waals surface area contributed by atoms with Gasteiger partial charge in [0.25, 0.3) is 5.69 Å². The molecule has 0 aliphatic rings. The van der Waals surface area contributed by atoms with Crippen molar-refractivity contribution in [3.05, 3.63) is 76.6 Å². The Morgan fingerprint density at radius 3 is 2.67 bits per heavy atom. The van der Waals surface area contributed by atoms with Crippen LogP contribution in [0.4, 0.5) is 11.4 Å². The molecule has 5 heteroatoms. The summed E-state index contributed by atoms with van der Waals surface area (Å²) in [7, 11) is 0. The number of rotatable bonds is 4. The van der Waals surface area contributed by atoms with Crippen LogP contribution in [-0.4, -0.2) is 9.91 Å². The van der Waals surface area contributed by atoms with Crippen molar-refractivity contribution in [2.24, 2.45) is 0 Å².